The molecule has 0 radical (unpaired) electrons. The number of benzene rings is 2. The average molecular weight is 354 g/mol. The molecule has 26 heavy (non-hydrogen) atoms. The number of para-hydroxylation sites is 1. The molecule has 2 aromatic rings. The van der Waals surface area contributed by atoms with Crippen molar-refractivity contribution < 1.29 is 19.5 Å². The Bertz CT molecular complexity index is 774. The van der Waals surface area contributed by atoms with E-state index in [1.807, 2.05) is 6.92 Å². The summed E-state index contributed by atoms with van der Waals surface area (Å²) in [6.07, 6.45) is 0.585. The smallest absolute Gasteiger partial charge is 0.311 e. The zero-order chi connectivity index (χ0) is 18.9. The molecule has 3 N–H and O–H groups in total. The van der Waals surface area contributed by atoms with Crippen molar-refractivity contribution in [3.8, 4) is 0 Å². The molecule has 2 rings (SSSR count). The zero-order valence-corrected chi connectivity index (χ0v) is 14.6. The molecular weight excluding hydrogens is 332 g/mol. The summed E-state index contributed by atoms with van der Waals surface area (Å²) >= 11 is 0. The summed E-state index contributed by atoms with van der Waals surface area (Å²) in [4.78, 5) is 36.1. The van der Waals surface area contributed by atoms with Crippen molar-refractivity contribution in [2.45, 2.75) is 25.7 Å². The Kier molecular flexibility index (Phi) is 6.91. The summed E-state index contributed by atoms with van der Waals surface area (Å²) in [5.41, 5.74) is 1.27. The lowest BCUT2D eigenvalue weighted by Gasteiger charge is -2.14. The molecule has 2 amide bonds. The molecule has 136 valence electrons. The second-order valence-electron chi connectivity index (χ2n) is 5.86. The molecule has 6 heteroatoms. The van der Waals surface area contributed by atoms with Gasteiger partial charge in [0.1, 0.15) is 0 Å². The first-order valence-corrected chi connectivity index (χ1v) is 8.47. The number of carbonyl (C=O) groups is 3. The van der Waals surface area contributed by atoms with Crippen molar-refractivity contribution in [1.29, 1.82) is 0 Å². The number of aliphatic carboxylic acids is 1. The number of hydrogen-bond donors (Lipinski definition) is 3. The van der Waals surface area contributed by atoms with E-state index in [2.05, 4.69) is 10.6 Å². The van der Waals surface area contributed by atoms with Crippen LogP contribution in [0.2, 0.25) is 0 Å². The lowest BCUT2D eigenvalue weighted by Crippen LogP contribution is -2.26. The first kappa shape index (κ1) is 19.2. The van der Waals surface area contributed by atoms with Gasteiger partial charge in [-0.05, 0) is 24.1 Å². The minimum atomic E-state index is -1.07. The molecule has 0 aromatic heterocycles. The van der Waals surface area contributed by atoms with Crippen LogP contribution in [0.15, 0.2) is 54.6 Å². The summed E-state index contributed by atoms with van der Waals surface area (Å²) in [6.45, 7) is 2.49. The summed E-state index contributed by atoms with van der Waals surface area (Å²) < 4.78 is 0. The van der Waals surface area contributed by atoms with Crippen LogP contribution in [-0.2, 0) is 9.59 Å². The monoisotopic (exact) mass is 354 g/mol. The molecule has 0 bridgehead atoms. The lowest BCUT2D eigenvalue weighted by atomic mass is 9.95. The molecule has 0 saturated carbocycles. The van der Waals surface area contributed by atoms with E-state index in [1.165, 1.54) is 0 Å². The van der Waals surface area contributed by atoms with Gasteiger partial charge in [-0.15, -0.1) is 0 Å². The molecule has 0 fully saturated rings. The van der Waals surface area contributed by atoms with Crippen molar-refractivity contribution in [3.63, 3.8) is 0 Å². The third kappa shape index (κ3) is 5.17. The highest BCUT2D eigenvalue weighted by Crippen LogP contribution is 2.22. The van der Waals surface area contributed by atoms with Crippen LogP contribution in [0, 0.1) is 0 Å². The highest BCUT2D eigenvalue weighted by Gasteiger charge is 2.23. The van der Waals surface area contributed by atoms with Gasteiger partial charge < -0.3 is 15.7 Å². The van der Waals surface area contributed by atoms with Crippen molar-refractivity contribution in [2.24, 2.45) is 0 Å². The molecule has 2 aromatic carbocycles. The van der Waals surface area contributed by atoms with E-state index in [0.717, 1.165) is 6.42 Å². The standard InChI is InChI=1S/C20H22N2O4/c1-2-12-21-19(24)15-10-6-7-11-17(15)22-18(23)13-16(20(25)26)14-8-4-3-5-9-14/h3-11,16H,2,12-13H2,1H3,(H,21,24)(H,22,23)(H,25,26)/t16-/m1/s1. The van der Waals surface area contributed by atoms with Crippen LogP contribution in [0.5, 0.6) is 0 Å². The van der Waals surface area contributed by atoms with Crippen LogP contribution in [0.3, 0.4) is 0 Å². The molecule has 0 aliphatic carbocycles. The fourth-order valence-electron chi connectivity index (χ4n) is 2.54. The van der Waals surface area contributed by atoms with Crippen LogP contribution < -0.4 is 10.6 Å². The zero-order valence-electron chi connectivity index (χ0n) is 14.6. The summed E-state index contributed by atoms with van der Waals surface area (Å²) in [5, 5.41) is 14.9. The van der Waals surface area contributed by atoms with Crippen LogP contribution in [0.25, 0.3) is 0 Å². The van der Waals surface area contributed by atoms with Crippen LogP contribution in [-0.4, -0.2) is 29.4 Å². The van der Waals surface area contributed by atoms with E-state index in [0.29, 0.717) is 23.4 Å². The number of carbonyl (C=O) groups excluding carboxylic acids is 2. The SMILES string of the molecule is CCCNC(=O)c1ccccc1NC(=O)C[C@@H](C(=O)O)c1ccccc1. The van der Waals surface area contributed by atoms with E-state index in [4.69, 9.17) is 0 Å². The number of carboxylic acid groups (broad SMARTS) is 1. The van der Waals surface area contributed by atoms with Crippen molar-refractivity contribution >= 4 is 23.5 Å². The summed E-state index contributed by atoms with van der Waals surface area (Å²) in [7, 11) is 0. The molecule has 0 heterocycles. The highest BCUT2D eigenvalue weighted by molar-refractivity contribution is 6.04. The Balaban J connectivity index is 2.12. The Morgan fingerprint density at radius 1 is 1.00 bits per heavy atom. The molecule has 0 unspecified atom stereocenters. The van der Waals surface area contributed by atoms with E-state index in [9.17, 15) is 19.5 Å². The molecule has 0 aliphatic rings. The maximum absolute atomic E-state index is 12.4. The van der Waals surface area contributed by atoms with Gasteiger partial charge in [-0.1, -0.05) is 49.4 Å². The number of anilines is 1. The van der Waals surface area contributed by atoms with Gasteiger partial charge in [0, 0.05) is 13.0 Å². The fourth-order valence-corrected chi connectivity index (χ4v) is 2.54. The number of hydrogen-bond acceptors (Lipinski definition) is 3. The van der Waals surface area contributed by atoms with E-state index >= 15 is 0 Å². The van der Waals surface area contributed by atoms with Crippen molar-refractivity contribution in [3.05, 3.63) is 65.7 Å². The van der Waals surface area contributed by atoms with E-state index < -0.39 is 17.8 Å². The third-order valence-electron chi connectivity index (χ3n) is 3.87. The van der Waals surface area contributed by atoms with E-state index in [-0.39, 0.29) is 12.3 Å². The van der Waals surface area contributed by atoms with Gasteiger partial charge in [0.2, 0.25) is 5.91 Å². The Hall–Kier alpha value is -3.15. The molecule has 1 atom stereocenters. The minimum absolute atomic E-state index is 0.218. The number of rotatable bonds is 8. The molecule has 0 spiro atoms. The van der Waals surface area contributed by atoms with Crippen LogP contribution in [0.4, 0.5) is 5.69 Å². The van der Waals surface area contributed by atoms with Gasteiger partial charge in [0.05, 0.1) is 17.2 Å². The van der Waals surface area contributed by atoms with Crippen molar-refractivity contribution in [2.75, 3.05) is 11.9 Å². The Morgan fingerprint density at radius 3 is 2.31 bits per heavy atom. The molecule has 0 saturated heterocycles. The van der Waals surface area contributed by atoms with Gasteiger partial charge in [-0.2, -0.15) is 0 Å². The summed E-state index contributed by atoms with van der Waals surface area (Å²) in [5.74, 6) is -2.75. The topological polar surface area (TPSA) is 95.5 Å². The quantitative estimate of drug-likeness (QED) is 0.679. The first-order valence-electron chi connectivity index (χ1n) is 8.47. The average Bonchev–Trinajstić information content (AvgIpc) is 2.65. The number of amides is 2. The number of carboxylic acids is 1. The third-order valence-corrected chi connectivity index (χ3v) is 3.87. The second kappa shape index (κ2) is 9.36. The van der Waals surface area contributed by atoms with Gasteiger partial charge in [0.25, 0.3) is 5.91 Å². The van der Waals surface area contributed by atoms with Gasteiger partial charge >= 0.3 is 5.97 Å². The first-order chi connectivity index (χ1) is 12.5. The predicted molar refractivity (Wildman–Crippen MR) is 99.1 cm³/mol. The number of nitrogens with one attached hydrogen (secondary N) is 2. The highest BCUT2D eigenvalue weighted by atomic mass is 16.4. The van der Waals surface area contributed by atoms with Crippen LogP contribution in [0.1, 0.15) is 41.6 Å². The van der Waals surface area contributed by atoms with Gasteiger partial charge in [-0.3, -0.25) is 14.4 Å². The largest absolute Gasteiger partial charge is 0.481 e. The van der Waals surface area contributed by atoms with Gasteiger partial charge in [-0.25, -0.2) is 0 Å². The van der Waals surface area contributed by atoms with E-state index in [1.54, 1.807) is 54.6 Å². The summed E-state index contributed by atoms with van der Waals surface area (Å²) in [6, 6.07) is 15.3. The fraction of sp³-hybridized carbons (Fsp3) is 0.250. The lowest BCUT2D eigenvalue weighted by molar-refractivity contribution is -0.140. The second-order valence-corrected chi connectivity index (χ2v) is 5.86. The van der Waals surface area contributed by atoms with Gasteiger partial charge in [0.15, 0.2) is 0 Å². The maximum atomic E-state index is 12.4. The van der Waals surface area contributed by atoms with Crippen LogP contribution >= 0.6 is 0 Å². The Morgan fingerprint density at radius 2 is 1.65 bits per heavy atom. The molecule has 6 nitrogen and oxygen atoms in total. The Labute approximate surface area is 152 Å². The minimum Gasteiger partial charge on any atom is -0.481 e. The normalized spacial score (nSPS) is 11.4. The molecular formula is C20H22N2O4. The predicted octanol–water partition coefficient (Wildman–Crippen LogP) is 3.02. The maximum Gasteiger partial charge on any atom is 0.311 e. The molecule has 0 aliphatic heterocycles. The van der Waals surface area contributed by atoms with Crippen molar-refractivity contribution in [1.82, 2.24) is 5.32 Å².